The number of benzene rings is 1. The number of aromatic nitrogens is 2. The van der Waals surface area contributed by atoms with Gasteiger partial charge in [-0.1, -0.05) is 50.9 Å². The molecule has 0 radical (unpaired) electrons. The quantitative estimate of drug-likeness (QED) is 0.171. The Kier molecular flexibility index (Phi) is 13.1. The molecular formula is C29H40ClN5O9S. The van der Waals surface area contributed by atoms with Gasteiger partial charge in [-0.25, -0.2) is 27.7 Å². The van der Waals surface area contributed by atoms with E-state index in [4.69, 9.17) is 16.4 Å². The number of carboxylic acids is 1. The fourth-order valence-electron chi connectivity index (χ4n) is 3.98. The monoisotopic (exact) mass is 669 g/mol. The van der Waals surface area contributed by atoms with Gasteiger partial charge in [0.25, 0.3) is 21.8 Å². The van der Waals surface area contributed by atoms with Crippen LogP contribution in [-0.4, -0.2) is 59.3 Å². The van der Waals surface area contributed by atoms with Crippen molar-refractivity contribution in [3.8, 4) is 0 Å². The van der Waals surface area contributed by atoms with Gasteiger partial charge in [0.2, 0.25) is 5.91 Å². The van der Waals surface area contributed by atoms with Crippen LogP contribution in [0.5, 0.6) is 0 Å². The number of halogens is 1. The normalized spacial score (nSPS) is 12.4. The number of rotatable bonds is 14. The van der Waals surface area contributed by atoms with Crippen LogP contribution in [0.3, 0.4) is 0 Å². The molecule has 0 saturated carbocycles. The lowest BCUT2D eigenvalue weighted by Crippen LogP contribution is -2.46. The first-order valence-electron chi connectivity index (χ1n) is 14.3. The Morgan fingerprint density at radius 1 is 1.07 bits per heavy atom. The standard InChI is InChI=1S/C29H40ClN5O9S/c1-7-8-9-21-32-24(30)23(27(39)40)35(21)16-18-10-12-19(13-11-18)45(42,43)34-22(36)15-31-25(37)20(14-17(2)3)26(38)33-44-28(41)29(4,5)6/h10-13,17,20H,7-9,14-16H2,1-6H3,(H,31,37)(H,33,38)(H,34,36)(H,39,40). The van der Waals surface area contributed by atoms with E-state index in [0.717, 1.165) is 12.8 Å². The van der Waals surface area contributed by atoms with E-state index >= 15 is 0 Å². The summed E-state index contributed by atoms with van der Waals surface area (Å²) < 4.78 is 29.0. The molecule has 1 heterocycles. The van der Waals surface area contributed by atoms with E-state index in [9.17, 15) is 37.5 Å². The van der Waals surface area contributed by atoms with E-state index in [1.807, 2.05) is 17.1 Å². The van der Waals surface area contributed by atoms with Gasteiger partial charge in [-0.15, -0.1) is 0 Å². The second-order valence-electron chi connectivity index (χ2n) is 11.8. The summed E-state index contributed by atoms with van der Waals surface area (Å²) in [6, 6.07) is 5.42. The smallest absolute Gasteiger partial charge is 0.355 e. The van der Waals surface area contributed by atoms with Crippen LogP contribution in [0.4, 0.5) is 0 Å². The van der Waals surface area contributed by atoms with Crippen LogP contribution in [0.15, 0.2) is 29.2 Å². The van der Waals surface area contributed by atoms with Crippen LogP contribution < -0.4 is 15.5 Å². The number of nitrogens with one attached hydrogen (secondary N) is 3. The summed E-state index contributed by atoms with van der Waals surface area (Å²) in [5, 5.41) is 11.7. The number of carboxylic acid groups (broad SMARTS) is 1. The number of nitrogens with zero attached hydrogens (tertiary/aromatic N) is 2. The van der Waals surface area contributed by atoms with E-state index in [2.05, 4.69) is 10.3 Å². The van der Waals surface area contributed by atoms with Gasteiger partial charge < -0.3 is 19.8 Å². The predicted molar refractivity (Wildman–Crippen MR) is 163 cm³/mol. The lowest BCUT2D eigenvalue weighted by molar-refractivity contribution is -0.168. The molecule has 248 valence electrons. The highest BCUT2D eigenvalue weighted by Crippen LogP contribution is 2.22. The molecule has 16 heteroatoms. The average molecular weight is 670 g/mol. The van der Waals surface area contributed by atoms with Crippen molar-refractivity contribution >= 4 is 51.3 Å². The van der Waals surface area contributed by atoms with E-state index in [0.29, 0.717) is 17.8 Å². The number of hydrogen-bond donors (Lipinski definition) is 4. The van der Waals surface area contributed by atoms with Crippen LogP contribution in [0.1, 0.15) is 82.7 Å². The summed E-state index contributed by atoms with van der Waals surface area (Å²) in [5.74, 6) is -5.72. The highest BCUT2D eigenvalue weighted by Gasteiger charge is 2.31. The van der Waals surface area contributed by atoms with E-state index in [-0.39, 0.29) is 34.6 Å². The minimum absolute atomic E-state index is 0.0658. The Morgan fingerprint density at radius 3 is 2.22 bits per heavy atom. The molecule has 1 atom stereocenters. The number of hydrogen-bond acceptors (Lipinski definition) is 9. The summed E-state index contributed by atoms with van der Waals surface area (Å²) in [5.41, 5.74) is 1.46. The van der Waals surface area contributed by atoms with Gasteiger partial charge in [-0.2, -0.15) is 5.48 Å². The molecule has 1 aromatic heterocycles. The van der Waals surface area contributed by atoms with Crippen LogP contribution in [-0.2, 0) is 47.0 Å². The number of unbranched alkanes of at least 4 members (excludes halogenated alkanes) is 1. The van der Waals surface area contributed by atoms with Gasteiger partial charge in [0.05, 0.1) is 16.9 Å². The van der Waals surface area contributed by atoms with Gasteiger partial charge in [0, 0.05) is 13.0 Å². The van der Waals surface area contributed by atoms with Crippen LogP contribution in [0, 0.1) is 17.3 Å². The molecule has 2 aromatic rings. The Morgan fingerprint density at radius 2 is 1.69 bits per heavy atom. The molecule has 4 N–H and O–H groups in total. The van der Waals surface area contributed by atoms with Gasteiger partial charge >= 0.3 is 11.9 Å². The summed E-state index contributed by atoms with van der Waals surface area (Å²) >= 11 is 6.07. The largest absolute Gasteiger partial charge is 0.476 e. The molecule has 1 unspecified atom stereocenters. The van der Waals surface area contributed by atoms with E-state index < -0.39 is 57.6 Å². The Hall–Kier alpha value is -3.98. The number of imidazole rings is 1. The van der Waals surface area contributed by atoms with E-state index in [1.165, 1.54) is 28.8 Å². The first kappa shape index (κ1) is 37.2. The molecule has 0 aliphatic rings. The third kappa shape index (κ3) is 10.8. The second-order valence-corrected chi connectivity index (χ2v) is 13.9. The first-order valence-corrected chi connectivity index (χ1v) is 16.1. The average Bonchev–Trinajstić information content (AvgIpc) is 3.25. The molecule has 14 nitrogen and oxygen atoms in total. The van der Waals surface area contributed by atoms with Crippen molar-refractivity contribution in [3.05, 3.63) is 46.5 Å². The lowest BCUT2D eigenvalue weighted by atomic mass is 9.95. The van der Waals surface area contributed by atoms with Crippen molar-refractivity contribution in [1.82, 2.24) is 25.1 Å². The third-order valence-corrected chi connectivity index (χ3v) is 8.06. The van der Waals surface area contributed by atoms with Crippen LogP contribution in [0.2, 0.25) is 5.15 Å². The number of sulfonamides is 1. The molecular weight excluding hydrogens is 630 g/mol. The number of carbonyl (C=O) groups is 5. The third-order valence-electron chi connectivity index (χ3n) is 6.40. The van der Waals surface area contributed by atoms with Crippen molar-refractivity contribution < 1.29 is 42.3 Å². The van der Waals surface area contributed by atoms with Crippen LogP contribution >= 0.6 is 11.6 Å². The van der Waals surface area contributed by atoms with Gasteiger partial charge in [0.15, 0.2) is 10.8 Å². The molecule has 0 saturated heterocycles. The highest BCUT2D eigenvalue weighted by molar-refractivity contribution is 7.90. The van der Waals surface area contributed by atoms with Gasteiger partial charge in [-0.05, 0) is 57.2 Å². The Bertz CT molecular complexity index is 1510. The Labute approximate surface area is 267 Å². The minimum atomic E-state index is -4.34. The maximum atomic E-state index is 12.8. The molecule has 0 fully saturated rings. The molecule has 0 bridgehead atoms. The van der Waals surface area contributed by atoms with Crippen molar-refractivity contribution in [2.75, 3.05) is 6.54 Å². The lowest BCUT2D eigenvalue weighted by Gasteiger charge is -2.20. The number of carbonyl (C=O) groups excluding carboxylic acids is 4. The summed E-state index contributed by atoms with van der Waals surface area (Å²) in [4.78, 5) is 70.2. The van der Waals surface area contributed by atoms with Crippen molar-refractivity contribution in [2.45, 2.75) is 78.7 Å². The first-order chi connectivity index (χ1) is 20.9. The minimum Gasteiger partial charge on any atom is -0.476 e. The topological polar surface area (TPSA) is 203 Å². The maximum Gasteiger partial charge on any atom is 0.355 e. The Balaban J connectivity index is 2.07. The van der Waals surface area contributed by atoms with Gasteiger partial charge in [-0.3, -0.25) is 14.4 Å². The van der Waals surface area contributed by atoms with E-state index in [1.54, 1.807) is 34.6 Å². The molecule has 2 rings (SSSR count). The molecule has 0 aliphatic carbocycles. The highest BCUT2D eigenvalue weighted by atomic mass is 35.5. The van der Waals surface area contributed by atoms with Crippen LogP contribution in [0.25, 0.3) is 0 Å². The fraction of sp³-hybridized carbons (Fsp3) is 0.517. The second kappa shape index (κ2) is 15.8. The molecule has 3 amide bonds. The molecule has 1 aromatic carbocycles. The predicted octanol–water partition coefficient (Wildman–Crippen LogP) is 2.83. The molecule has 0 spiro atoms. The maximum absolute atomic E-state index is 12.8. The zero-order chi connectivity index (χ0) is 34.1. The molecule has 0 aliphatic heterocycles. The summed E-state index contributed by atoms with van der Waals surface area (Å²) in [6.07, 6.45) is 2.20. The van der Waals surface area contributed by atoms with Crippen molar-refractivity contribution in [1.29, 1.82) is 0 Å². The zero-order valence-corrected chi connectivity index (χ0v) is 27.7. The van der Waals surface area contributed by atoms with Gasteiger partial charge in [0.1, 0.15) is 11.7 Å². The zero-order valence-electron chi connectivity index (χ0n) is 26.1. The molecule has 45 heavy (non-hydrogen) atoms. The van der Waals surface area contributed by atoms with Crippen molar-refractivity contribution in [2.24, 2.45) is 17.3 Å². The summed E-state index contributed by atoms with van der Waals surface area (Å²) in [6.45, 7) is 9.58. The summed E-state index contributed by atoms with van der Waals surface area (Å²) in [7, 11) is -4.34. The fourth-order valence-corrected chi connectivity index (χ4v) is 5.25. The van der Waals surface area contributed by atoms with Crippen molar-refractivity contribution in [3.63, 3.8) is 0 Å². The number of aryl methyl sites for hydroxylation is 1. The SMILES string of the molecule is CCCCc1nc(Cl)c(C(=O)O)n1Cc1ccc(S(=O)(=O)NC(=O)CNC(=O)C(CC(C)C)C(=O)NOC(=O)C(C)(C)C)cc1. The number of hydroxylamine groups is 1. The number of aromatic carboxylic acids is 1. The number of amides is 3.